The zero-order valence-electron chi connectivity index (χ0n) is 12.0. The second-order valence-corrected chi connectivity index (χ2v) is 5.29. The number of aromatic nitrogens is 2. The first-order valence-corrected chi connectivity index (χ1v) is 6.40. The molecule has 8 nitrogen and oxygen atoms in total. The van der Waals surface area contributed by atoms with E-state index in [9.17, 15) is 5.11 Å². The number of methoxy groups -OCH3 is 1. The summed E-state index contributed by atoms with van der Waals surface area (Å²) in [6.45, 7) is 5.04. The standard InChI is InChI=1S/C12H21N5O3/c1-12(2)6-17(4-8(5-18)20-12)11-9(19-3)10(16-13)14-7-15-11/h7-8,18H,4-6,13H2,1-3H3,(H,14,15,16). The fraction of sp³-hybridized carbons (Fsp3) is 0.667. The van der Waals surface area contributed by atoms with Crippen LogP contribution in [-0.2, 0) is 4.74 Å². The Kier molecular flexibility index (Phi) is 4.26. The van der Waals surface area contributed by atoms with Crippen molar-refractivity contribution in [2.45, 2.75) is 25.6 Å². The van der Waals surface area contributed by atoms with Crippen LogP contribution in [0.2, 0.25) is 0 Å². The first kappa shape index (κ1) is 14.8. The van der Waals surface area contributed by atoms with Crippen molar-refractivity contribution in [3.63, 3.8) is 0 Å². The van der Waals surface area contributed by atoms with Crippen LogP contribution in [0.25, 0.3) is 0 Å². The molecule has 2 rings (SSSR count). The fourth-order valence-electron chi connectivity index (χ4n) is 2.43. The average Bonchev–Trinajstić information content (AvgIpc) is 2.44. The van der Waals surface area contributed by atoms with Gasteiger partial charge in [0.1, 0.15) is 6.33 Å². The van der Waals surface area contributed by atoms with Gasteiger partial charge in [-0.15, -0.1) is 0 Å². The summed E-state index contributed by atoms with van der Waals surface area (Å²) in [6, 6.07) is 0. The minimum Gasteiger partial charge on any atom is -0.490 e. The number of rotatable bonds is 4. The number of nitrogens with one attached hydrogen (secondary N) is 1. The summed E-state index contributed by atoms with van der Waals surface area (Å²) in [5.41, 5.74) is 2.10. The van der Waals surface area contributed by atoms with Crippen LogP contribution < -0.4 is 20.9 Å². The maximum atomic E-state index is 9.37. The van der Waals surface area contributed by atoms with Gasteiger partial charge in [0, 0.05) is 13.1 Å². The van der Waals surface area contributed by atoms with Crippen LogP contribution in [0, 0.1) is 0 Å². The molecule has 1 aromatic heterocycles. The minimum atomic E-state index is -0.391. The lowest BCUT2D eigenvalue weighted by Gasteiger charge is -2.43. The molecule has 0 bridgehead atoms. The molecule has 0 spiro atoms. The van der Waals surface area contributed by atoms with Crippen molar-refractivity contribution in [3.8, 4) is 5.75 Å². The Morgan fingerprint density at radius 2 is 2.35 bits per heavy atom. The van der Waals surface area contributed by atoms with Gasteiger partial charge in [0.2, 0.25) is 5.75 Å². The lowest BCUT2D eigenvalue weighted by molar-refractivity contribution is -0.101. The van der Waals surface area contributed by atoms with Gasteiger partial charge in [0.05, 0.1) is 25.4 Å². The summed E-state index contributed by atoms with van der Waals surface area (Å²) in [6.07, 6.45) is 1.15. The van der Waals surface area contributed by atoms with Crippen LogP contribution in [-0.4, -0.2) is 53.6 Å². The molecule has 4 N–H and O–H groups in total. The molecule has 2 heterocycles. The van der Waals surface area contributed by atoms with E-state index in [2.05, 4.69) is 15.4 Å². The second-order valence-electron chi connectivity index (χ2n) is 5.29. The van der Waals surface area contributed by atoms with E-state index in [1.165, 1.54) is 13.4 Å². The second kappa shape index (κ2) is 5.78. The highest BCUT2D eigenvalue weighted by molar-refractivity contribution is 5.64. The fourth-order valence-corrected chi connectivity index (χ4v) is 2.43. The zero-order chi connectivity index (χ0) is 14.8. The van der Waals surface area contributed by atoms with Gasteiger partial charge in [-0.1, -0.05) is 0 Å². The quantitative estimate of drug-likeness (QED) is 0.513. The highest BCUT2D eigenvalue weighted by Gasteiger charge is 2.35. The number of nitrogen functional groups attached to an aromatic ring is 1. The molecule has 8 heteroatoms. The normalized spacial score (nSPS) is 21.6. The topological polar surface area (TPSA) is 106 Å². The Labute approximate surface area is 117 Å². The monoisotopic (exact) mass is 283 g/mol. The predicted molar refractivity (Wildman–Crippen MR) is 74.6 cm³/mol. The van der Waals surface area contributed by atoms with Gasteiger partial charge >= 0.3 is 0 Å². The number of aliphatic hydroxyl groups is 1. The van der Waals surface area contributed by atoms with Gasteiger partial charge in [-0.25, -0.2) is 15.8 Å². The van der Waals surface area contributed by atoms with Gasteiger partial charge in [-0.3, -0.25) is 0 Å². The van der Waals surface area contributed by atoms with Gasteiger partial charge < -0.3 is 24.9 Å². The number of morpholine rings is 1. The summed E-state index contributed by atoms with van der Waals surface area (Å²) in [5.74, 6) is 6.95. The number of ether oxygens (including phenoxy) is 2. The van der Waals surface area contributed by atoms with Crippen molar-refractivity contribution in [3.05, 3.63) is 6.33 Å². The molecule has 0 aromatic carbocycles. The molecule has 1 fully saturated rings. The SMILES string of the molecule is COc1c(NN)ncnc1N1CC(CO)OC(C)(C)C1. The Morgan fingerprint density at radius 1 is 1.60 bits per heavy atom. The first-order valence-electron chi connectivity index (χ1n) is 6.40. The molecular formula is C12H21N5O3. The van der Waals surface area contributed by atoms with E-state index in [0.29, 0.717) is 30.5 Å². The van der Waals surface area contributed by atoms with E-state index in [4.69, 9.17) is 15.3 Å². The Balaban J connectivity index is 2.35. The van der Waals surface area contributed by atoms with E-state index in [-0.39, 0.29) is 12.7 Å². The van der Waals surface area contributed by atoms with Crippen molar-refractivity contribution in [2.75, 3.05) is 37.1 Å². The van der Waals surface area contributed by atoms with Crippen LogP contribution in [0.5, 0.6) is 5.75 Å². The third-order valence-electron chi connectivity index (χ3n) is 3.11. The van der Waals surface area contributed by atoms with Gasteiger partial charge in [-0.2, -0.15) is 0 Å². The average molecular weight is 283 g/mol. The Hall–Kier alpha value is -1.64. The van der Waals surface area contributed by atoms with Crippen LogP contribution in [0.1, 0.15) is 13.8 Å². The number of nitrogens with zero attached hydrogens (tertiary/aromatic N) is 3. The van der Waals surface area contributed by atoms with E-state index < -0.39 is 5.60 Å². The summed E-state index contributed by atoms with van der Waals surface area (Å²) in [5, 5.41) is 9.37. The molecule has 0 saturated carbocycles. The zero-order valence-corrected chi connectivity index (χ0v) is 12.0. The number of hydrazine groups is 1. The molecule has 0 aliphatic carbocycles. The van der Waals surface area contributed by atoms with Crippen molar-refractivity contribution in [1.82, 2.24) is 9.97 Å². The number of anilines is 2. The van der Waals surface area contributed by atoms with Crippen molar-refractivity contribution in [2.24, 2.45) is 5.84 Å². The number of hydrogen-bond donors (Lipinski definition) is 3. The molecule has 1 aromatic rings. The molecule has 0 radical (unpaired) electrons. The molecule has 20 heavy (non-hydrogen) atoms. The largest absolute Gasteiger partial charge is 0.490 e. The summed E-state index contributed by atoms with van der Waals surface area (Å²) in [4.78, 5) is 10.3. The smallest absolute Gasteiger partial charge is 0.205 e. The summed E-state index contributed by atoms with van der Waals surface area (Å²) < 4.78 is 11.1. The van der Waals surface area contributed by atoms with E-state index >= 15 is 0 Å². The van der Waals surface area contributed by atoms with Gasteiger partial charge in [0.15, 0.2) is 11.6 Å². The minimum absolute atomic E-state index is 0.0463. The van der Waals surface area contributed by atoms with E-state index in [1.807, 2.05) is 18.7 Å². The van der Waals surface area contributed by atoms with E-state index in [1.54, 1.807) is 0 Å². The van der Waals surface area contributed by atoms with Crippen LogP contribution in [0.4, 0.5) is 11.6 Å². The highest BCUT2D eigenvalue weighted by atomic mass is 16.5. The lowest BCUT2D eigenvalue weighted by Crippen LogP contribution is -2.54. The third-order valence-corrected chi connectivity index (χ3v) is 3.11. The number of nitrogens with two attached hydrogens (primary N) is 1. The Bertz CT molecular complexity index is 468. The molecule has 1 saturated heterocycles. The van der Waals surface area contributed by atoms with Crippen molar-refractivity contribution in [1.29, 1.82) is 0 Å². The number of hydrogen-bond acceptors (Lipinski definition) is 8. The molecule has 1 aliphatic heterocycles. The first-order chi connectivity index (χ1) is 9.50. The molecule has 1 unspecified atom stereocenters. The molecule has 112 valence electrons. The summed E-state index contributed by atoms with van der Waals surface area (Å²) in [7, 11) is 1.54. The molecule has 1 atom stereocenters. The Morgan fingerprint density at radius 3 is 2.95 bits per heavy atom. The highest BCUT2D eigenvalue weighted by Crippen LogP contribution is 2.34. The number of aliphatic hydroxyl groups excluding tert-OH is 1. The maximum Gasteiger partial charge on any atom is 0.205 e. The van der Waals surface area contributed by atoms with Crippen LogP contribution in [0.15, 0.2) is 6.33 Å². The summed E-state index contributed by atoms with van der Waals surface area (Å²) >= 11 is 0. The maximum absolute atomic E-state index is 9.37. The molecular weight excluding hydrogens is 262 g/mol. The van der Waals surface area contributed by atoms with Crippen LogP contribution >= 0.6 is 0 Å². The lowest BCUT2D eigenvalue weighted by atomic mass is 10.1. The molecule has 0 amide bonds. The predicted octanol–water partition coefficient (Wildman–Crippen LogP) is -0.253. The van der Waals surface area contributed by atoms with Crippen molar-refractivity contribution >= 4 is 11.6 Å². The van der Waals surface area contributed by atoms with Crippen molar-refractivity contribution < 1.29 is 14.6 Å². The van der Waals surface area contributed by atoms with Gasteiger partial charge in [-0.05, 0) is 13.8 Å². The molecule has 1 aliphatic rings. The van der Waals surface area contributed by atoms with Gasteiger partial charge in [0.25, 0.3) is 0 Å². The third kappa shape index (κ3) is 2.92. The van der Waals surface area contributed by atoms with Crippen LogP contribution in [0.3, 0.4) is 0 Å². The van der Waals surface area contributed by atoms with E-state index in [0.717, 1.165) is 0 Å².